The molecule has 104 valence electrons. The van der Waals surface area contributed by atoms with Crippen LogP contribution in [0.25, 0.3) is 0 Å². The highest BCUT2D eigenvalue weighted by molar-refractivity contribution is 5.94. The Balaban J connectivity index is 2.23. The number of aliphatic hydroxyl groups excluding tert-OH is 1. The molecule has 0 aliphatic heterocycles. The zero-order chi connectivity index (χ0) is 14.1. The Hall–Kier alpha value is -1.88. The van der Waals surface area contributed by atoms with Crippen LogP contribution in [0.2, 0.25) is 0 Å². The van der Waals surface area contributed by atoms with E-state index in [1.807, 2.05) is 13.0 Å². The SMILES string of the molecule is CC(CCO)NC(=O)CCNC(=O)c1ccccc1. The lowest BCUT2D eigenvalue weighted by Gasteiger charge is -2.12. The predicted octanol–water partition coefficient (Wildman–Crippen LogP) is 0.694. The zero-order valence-corrected chi connectivity index (χ0v) is 11.1. The summed E-state index contributed by atoms with van der Waals surface area (Å²) in [4.78, 5) is 23.2. The standard InChI is InChI=1S/C14H20N2O3/c1-11(8-10-17)16-13(18)7-9-15-14(19)12-5-3-2-4-6-12/h2-6,11,17H,7-10H2,1H3,(H,15,19)(H,16,18). The molecule has 0 aromatic heterocycles. The fraction of sp³-hybridized carbons (Fsp3) is 0.429. The molecule has 0 aliphatic carbocycles. The van der Waals surface area contributed by atoms with Crippen molar-refractivity contribution in [3.63, 3.8) is 0 Å². The number of rotatable bonds is 7. The molecule has 0 saturated heterocycles. The molecular weight excluding hydrogens is 244 g/mol. The molecule has 5 heteroatoms. The van der Waals surface area contributed by atoms with Gasteiger partial charge >= 0.3 is 0 Å². The molecule has 1 atom stereocenters. The molecule has 0 radical (unpaired) electrons. The molecule has 19 heavy (non-hydrogen) atoms. The van der Waals surface area contributed by atoms with Crippen molar-refractivity contribution in [1.82, 2.24) is 10.6 Å². The van der Waals surface area contributed by atoms with Gasteiger partial charge in [0.25, 0.3) is 5.91 Å². The third kappa shape index (κ3) is 6.01. The van der Waals surface area contributed by atoms with Crippen LogP contribution in [0.1, 0.15) is 30.1 Å². The van der Waals surface area contributed by atoms with E-state index >= 15 is 0 Å². The van der Waals surface area contributed by atoms with Gasteiger partial charge in [0.15, 0.2) is 0 Å². The number of nitrogens with one attached hydrogen (secondary N) is 2. The summed E-state index contributed by atoms with van der Waals surface area (Å²) in [6.45, 7) is 2.17. The van der Waals surface area contributed by atoms with Gasteiger partial charge in [-0.15, -0.1) is 0 Å². The summed E-state index contributed by atoms with van der Waals surface area (Å²) < 4.78 is 0. The van der Waals surface area contributed by atoms with Crippen LogP contribution < -0.4 is 10.6 Å². The van der Waals surface area contributed by atoms with Gasteiger partial charge < -0.3 is 15.7 Å². The van der Waals surface area contributed by atoms with Crippen LogP contribution in [0.15, 0.2) is 30.3 Å². The van der Waals surface area contributed by atoms with Crippen LogP contribution in [0.3, 0.4) is 0 Å². The van der Waals surface area contributed by atoms with Gasteiger partial charge in [0.05, 0.1) is 0 Å². The Bertz CT molecular complexity index is 406. The Morgan fingerprint density at radius 3 is 2.58 bits per heavy atom. The van der Waals surface area contributed by atoms with Crippen molar-refractivity contribution in [2.75, 3.05) is 13.2 Å². The number of carbonyl (C=O) groups is 2. The van der Waals surface area contributed by atoms with E-state index in [9.17, 15) is 9.59 Å². The van der Waals surface area contributed by atoms with Gasteiger partial charge in [-0.3, -0.25) is 9.59 Å². The molecule has 0 spiro atoms. The van der Waals surface area contributed by atoms with Gasteiger partial charge in [0.2, 0.25) is 5.91 Å². The highest BCUT2D eigenvalue weighted by atomic mass is 16.3. The van der Waals surface area contributed by atoms with Gasteiger partial charge in [-0.2, -0.15) is 0 Å². The largest absolute Gasteiger partial charge is 0.396 e. The first-order chi connectivity index (χ1) is 9.13. The van der Waals surface area contributed by atoms with Crippen molar-refractivity contribution >= 4 is 11.8 Å². The van der Waals surface area contributed by atoms with Crippen LogP contribution in [0, 0.1) is 0 Å². The fourth-order valence-electron chi connectivity index (χ4n) is 1.59. The van der Waals surface area contributed by atoms with E-state index in [1.54, 1.807) is 24.3 Å². The van der Waals surface area contributed by atoms with E-state index in [1.165, 1.54) is 0 Å². The van der Waals surface area contributed by atoms with E-state index in [2.05, 4.69) is 10.6 Å². The number of amides is 2. The van der Waals surface area contributed by atoms with E-state index in [0.717, 1.165) is 0 Å². The minimum atomic E-state index is -0.184. The maximum absolute atomic E-state index is 11.7. The van der Waals surface area contributed by atoms with Crippen LogP contribution in [-0.2, 0) is 4.79 Å². The fourth-order valence-corrected chi connectivity index (χ4v) is 1.59. The number of aliphatic hydroxyl groups is 1. The summed E-state index contributed by atoms with van der Waals surface area (Å²) in [6.07, 6.45) is 0.760. The molecule has 5 nitrogen and oxygen atoms in total. The minimum Gasteiger partial charge on any atom is -0.396 e. The predicted molar refractivity (Wildman–Crippen MR) is 72.7 cm³/mol. The number of carbonyl (C=O) groups excluding carboxylic acids is 2. The number of hydrogen-bond acceptors (Lipinski definition) is 3. The maximum atomic E-state index is 11.7. The molecule has 0 fully saturated rings. The third-order valence-corrected chi connectivity index (χ3v) is 2.64. The minimum absolute atomic E-state index is 0.0478. The molecule has 1 aromatic carbocycles. The van der Waals surface area contributed by atoms with E-state index < -0.39 is 0 Å². The first kappa shape index (κ1) is 15.2. The molecular formula is C14H20N2O3. The van der Waals surface area contributed by atoms with E-state index in [0.29, 0.717) is 18.5 Å². The highest BCUT2D eigenvalue weighted by Crippen LogP contribution is 1.97. The van der Waals surface area contributed by atoms with Gasteiger partial charge in [-0.1, -0.05) is 18.2 Å². The van der Waals surface area contributed by atoms with Crippen LogP contribution in [0.4, 0.5) is 0 Å². The molecule has 0 saturated carbocycles. The van der Waals surface area contributed by atoms with Crippen molar-refractivity contribution in [2.45, 2.75) is 25.8 Å². The normalized spacial score (nSPS) is 11.7. The number of benzene rings is 1. The second-order valence-corrected chi connectivity index (χ2v) is 4.35. The van der Waals surface area contributed by atoms with Crippen molar-refractivity contribution in [3.05, 3.63) is 35.9 Å². The molecule has 3 N–H and O–H groups in total. The smallest absolute Gasteiger partial charge is 0.251 e. The lowest BCUT2D eigenvalue weighted by molar-refractivity contribution is -0.121. The van der Waals surface area contributed by atoms with Gasteiger partial charge in [0, 0.05) is 31.2 Å². The lowest BCUT2D eigenvalue weighted by Crippen LogP contribution is -2.36. The second kappa shape index (κ2) is 8.26. The average molecular weight is 264 g/mol. The summed E-state index contributed by atoms with van der Waals surface area (Å²) in [5.41, 5.74) is 0.580. The monoisotopic (exact) mass is 264 g/mol. The quantitative estimate of drug-likeness (QED) is 0.678. The molecule has 2 amide bonds. The maximum Gasteiger partial charge on any atom is 0.251 e. The zero-order valence-electron chi connectivity index (χ0n) is 11.1. The number of hydrogen-bond donors (Lipinski definition) is 3. The van der Waals surface area contributed by atoms with Crippen molar-refractivity contribution in [2.24, 2.45) is 0 Å². The summed E-state index contributed by atoms with van der Waals surface area (Å²) in [5.74, 6) is -0.314. The Kier molecular flexibility index (Phi) is 6.60. The molecule has 0 heterocycles. The molecule has 1 rings (SSSR count). The van der Waals surface area contributed by atoms with Crippen LogP contribution >= 0.6 is 0 Å². The second-order valence-electron chi connectivity index (χ2n) is 4.35. The molecule has 0 aliphatic rings. The topological polar surface area (TPSA) is 78.4 Å². The Labute approximate surface area is 113 Å². The molecule has 1 unspecified atom stereocenters. The van der Waals surface area contributed by atoms with Gasteiger partial charge in [0.1, 0.15) is 0 Å². The van der Waals surface area contributed by atoms with E-state index in [-0.39, 0.29) is 30.9 Å². The van der Waals surface area contributed by atoms with Gasteiger partial charge in [-0.25, -0.2) is 0 Å². The Morgan fingerprint density at radius 1 is 1.26 bits per heavy atom. The molecule has 1 aromatic rings. The molecule has 0 bridgehead atoms. The summed E-state index contributed by atoms with van der Waals surface area (Å²) in [6, 6.07) is 8.81. The highest BCUT2D eigenvalue weighted by Gasteiger charge is 2.08. The average Bonchev–Trinajstić information content (AvgIpc) is 2.39. The summed E-state index contributed by atoms with van der Waals surface area (Å²) in [7, 11) is 0. The van der Waals surface area contributed by atoms with Crippen molar-refractivity contribution in [1.29, 1.82) is 0 Å². The van der Waals surface area contributed by atoms with Crippen molar-refractivity contribution in [3.8, 4) is 0 Å². The van der Waals surface area contributed by atoms with E-state index in [4.69, 9.17) is 5.11 Å². The van der Waals surface area contributed by atoms with Crippen LogP contribution in [-0.4, -0.2) is 36.1 Å². The van der Waals surface area contributed by atoms with Crippen molar-refractivity contribution < 1.29 is 14.7 Å². The van der Waals surface area contributed by atoms with Gasteiger partial charge in [-0.05, 0) is 25.5 Å². The third-order valence-electron chi connectivity index (χ3n) is 2.64. The first-order valence-electron chi connectivity index (χ1n) is 6.37. The lowest BCUT2D eigenvalue weighted by atomic mass is 10.2. The first-order valence-corrected chi connectivity index (χ1v) is 6.37. The Morgan fingerprint density at radius 2 is 1.95 bits per heavy atom. The van der Waals surface area contributed by atoms with Crippen LogP contribution in [0.5, 0.6) is 0 Å². The summed E-state index contributed by atoms with van der Waals surface area (Å²) in [5, 5.41) is 14.1. The summed E-state index contributed by atoms with van der Waals surface area (Å²) >= 11 is 0.